The second-order valence-corrected chi connectivity index (χ2v) is 5.03. The van der Waals surface area contributed by atoms with E-state index < -0.39 is 5.54 Å². The summed E-state index contributed by atoms with van der Waals surface area (Å²) in [5.41, 5.74) is 10.6. The quantitative estimate of drug-likeness (QED) is 0.715. The topological polar surface area (TPSA) is 72.3 Å². The molecular weight excluding hydrogens is 190 g/mol. The zero-order valence-electron chi connectivity index (χ0n) is 9.99. The lowest BCUT2D eigenvalue weighted by Gasteiger charge is -2.41. The van der Waals surface area contributed by atoms with Crippen LogP contribution in [0.25, 0.3) is 0 Å². The molecule has 1 amide bonds. The third-order valence-corrected chi connectivity index (χ3v) is 3.64. The van der Waals surface area contributed by atoms with Crippen molar-refractivity contribution in [3.05, 3.63) is 0 Å². The number of carbonyl (C=O) groups excluding carboxylic acids is 1. The van der Waals surface area contributed by atoms with Crippen molar-refractivity contribution in [1.82, 2.24) is 4.90 Å². The summed E-state index contributed by atoms with van der Waals surface area (Å²) in [6, 6.07) is 0.862. The molecule has 2 atom stereocenters. The van der Waals surface area contributed by atoms with Crippen LogP contribution in [0.15, 0.2) is 0 Å². The van der Waals surface area contributed by atoms with Crippen molar-refractivity contribution >= 4 is 5.91 Å². The molecular formula is C11H23N3O. The Balaban J connectivity index is 2.67. The van der Waals surface area contributed by atoms with Gasteiger partial charge in [-0.05, 0) is 46.6 Å². The standard InChI is InChI=1S/C11H23N3O/c1-8(2)14(3)9-5-4-6-11(13,7-9)10(12)15/h8-9H,4-7,13H2,1-3H3,(H2,12,15). The number of hydrogen-bond acceptors (Lipinski definition) is 3. The first-order valence-electron chi connectivity index (χ1n) is 5.67. The highest BCUT2D eigenvalue weighted by Gasteiger charge is 2.39. The number of carbonyl (C=O) groups is 1. The highest BCUT2D eigenvalue weighted by Crippen LogP contribution is 2.29. The molecule has 1 rings (SSSR count). The van der Waals surface area contributed by atoms with Crippen molar-refractivity contribution in [2.45, 2.75) is 57.2 Å². The van der Waals surface area contributed by atoms with Crippen molar-refractivity contribution in [1.29, 1.82) is 0 Å². The van der Waals surface area contributed by atoms with Crippen LogP contribution in [0.2, 0.25) is 0 Å². The van der Waals surface area contributed by atoms with E-state index >= 15 is 0 Å². The van der Waals surface area contributed by atoms with Gasteiger partial charge >= 0.3 is 0 Å². The van der Waals surface area contributed by atoms with E-state index in [9.17, 15) is 4.79 Å². The van der Waals surface area contributed by atoms with Crippen molar-refractivity contribution in [3.63, 3.8) is 0 Å². The minimum atomic E-state index is -0.786. The van der Waals surface area contributed by atoms with E-state index in [1.807, 2.05) is 0 Å². The molecule has 4 N–H and O–H groups in total. The van der Waals surface area contributed by atoms with Crippen molar-refractivity contribution in [2.75, 3.05) is 7.05 Å². The van der Waals surface area contributed by atoms with E-state index in [4.69, 9.17) is 11.5 Å². The Kier molecular flexibility index (Phi) is 3.73. The van der Waals surface area contributed by atoms with Gasteiger partial charge in [-0.25, -0.2) is 0 Å². The summed E-state index contributed by atoms with van der Waals surface area (Å²) >= 11 is 0. The highest BCUT2D eigenvalue weighted by atomic mass is 16.1. The van der Waals surface area contributed by atoms with E-state index in [-0.39, 0.29) is 5.91 Å². The van der Waals surface area contributed by atoms with Gasteiger partial charge < -0.3 is 16.4 Å². The van der Waals surface area contributed by atoms with Gasteiger partial charge in [0.2, 0.25) is 5.91 Å². The van der Waals surface area contributed by atoms with Gasteiger partial charge in [0.05, 0.1) is 5.54 Å². The molecule has 0 aliphatic heterocycles. The molecule has 0 heterocycles. The summed E-state index contributed by atoms with van der Waals surface area (Å²) in [5, 5.41) is 0. The molecule has 1 aliphatic rings. The van der Waals surface area contributed by atoms with Crippen LogP contribution >= 0.6 is 0 Å². The van der Waals surface area contributed by atoms with Gasteiger partial charge in [-0.1, -0.05) is 0 Å². The van der Waals surface area contributed by atoms with E-state index in [1.165, 1.54) is 0 Å². The molecule has 1 aliphatic carbocycles. The van der Waals surface area contributed by atoms with Crippen LogP contribution in [0.4, 0.5) is 0 Å². The number of hydrogen-bond donors (Lipinski definition) is 2. The largest absolute Gasteiger partial charge is 0.368 e. The predicted molar refractivity (Wildman–Crippen MR) is 61.3 cm³/mol. The first-order chi connectivity index (χ1) is 6.87. The van der Waals surface area contributed by atoms with Crippen LogP contribution in [-0.2, 0) is 4.79 Å². The Bertz CT molecular complexity index is 242. The van der Waals surface area contributed by atoms with Crippen LogP contribution in [-0.4, -0.2) is 35.5 Å². The summed E-state index contributed by atoms with van der Waals surface area (Å²) in [7, 11) is 2.09. The number of primary amides is 1. The smallest absolute Gasteiger partial charge is 0.237 e. The molecule has 4 nitrogen and oxygen atoms in total. The third-order valence-electron chi connectivity index (χ3n) is 3.64. The molecule has 4 heteroatoms. The number of nitrogens with two attached hydrogens (primary N) is 2. The molecule has 15 heavy (non-hydrogen) atoms. The Labute approximate surface area is 92.0 Å². The lowest BCUT2D eigenvalue weighted by molar-refractivity contribution is -0.125. The van der Waals surface area contributed by atoms with Crippen molar-refractivity contribution in [2.24, 2.45) is 11.5 Å². The van der Waals surface area contributed by atoms with E-state index in [1.54, 1.807) is 0 Å². The van der Waals surface area contributed by atoms with Gasteiger partial charge in [-0.2, -0.15) is 0 Å². The zero-order valence-corrected chi connectivity index (χ0v) is 9.99. The predicted octanol–water partition coefficient (Wildman–Crippen LogP) is 0.452. The maximum absolute atomic E-state index is 11.3. The number of nitrogens with zero attached hydrogens (tertiary/aromatic N) is 1. The van der Waals surface area contributed by atoms with Crippen molar-refractivity contribution < 1.29 is 4.79 Å². The zero-order chi connectivity index (χ0) is 11.6. The fourth-order valence-electron chi connectivity index (χ4n) is 2.27. The second-order valence-electron chi connectivity index (χ2n) is 5.03. The van der Waals surface area contributed by atoms with Crippen molar-refractivity contribution in [3.8, 4) is 0 Å². The summed E-state index contributed by atoms with van der Waals surface area (Å²) in [5.74, 6) is -0.357. The van der Waals surface area contributed by atoms with Crippen LogP contribution in [0, 0.1) is 0 Å². The summed E-state index contributed by atoms with van der Waals surface area (Å²) in [6.45, 7) is 4.30. The highest BCUT2D eigenvalue weighted by molar-refractivity contribution is 5.84. The maximum Gasteiger partial charge on any atom is 0.237 e. The molecule has 0 aromatic heterocycles. The summed E-state index contributed by atoms with van der Waals surface area (Å²) < 4.78 is 0. The number of rotatable bonds is 3. The average molecular weight is 213 g/mol. The normalized spacial score (nSPS) is 32.3. The first-order valence-corrected chi connectivity index (χ1v) is 5.67. The van der Waals surface area contributed by atoms with Crippen LogP contribution in [0.3, 0.4) is 0 Å². The summed E-state index contributed by atoms with van der Waals surface area (Å²) in [4.78, 5) is 13.6. The Hall–Kier alpha value is -0.610. The minimum absolute atomic E-state index is 0.357. The Morgan fingerprint density at radius 2 is 2.13 bits per heavy atom. The van der Waals surface area contributed by atoms with E-state index in [0.29, 0.717) is 18.5 Å². The van der Waals surface area contributed by atoms with Crippen LogP contribution in [0.1, 0.15) is 39.5 Å². The molecule has 1 saturated carbocycles. The Morgan fingerprint density at radius 1 is 1.53 bits per heavy atom. The molecule has 0 aromatic carbocycles. The summed E-state index contributed by atoms with van der Waals surface area (Å²) in [6.07, 6.45) is 3.52. The van der Waals surface area contributed by atoms with Gasteiger partial charge in [0, 0.05) is 12.1 Å². The maximum atomic E-state index is 11.3. The molecule has 0 aromatic rings. The monoisotopic (exact) mass is 213 g/mol. The van der Waals surface area contributed by atoms with Gasteiger partial charge in [0.1, 0.15) is 0 Å². The molecule has 0 saturated heterocycles. The van der Waals surface area contributed by atoms with E-state index in [2.05, 4.69) is 25.8 Å². The third kappa shape index (κ3) is 2.69. The lowest BCUT2D eigenvalue weighted by Crippen LogP contribution is -2.58. The molecule has 2 unspecified atom stereocenters. The average Bonchev–Trinajstić information content (AvgIpc) is 2.16. The fourth-order valence-corrected chi connectivity index (χ4v) is 2.27. The molecule has 1 fully saturated rings. The fraction of sp³-hybridized carbons (Fsp3) is 0.909. The number of amides is 1. The molecule has 0 radical (unpaired) electrons. The molecule has 88 valence electrons. The van der Waals surface area contributed by atoms with Gasteiger partial charge in [0.25, 0.3) is 0 Å². The lowest BCUT2D eigenvalue weighted by atomic mass is 9.78. The van der Waals surface area contributed by atoms with Gasteiger partial charge in [-0.3, -0.25) is 4.79 Å². The second kappa shape index (κ2) is 4.49. The molecule has 0 spiro atoms. The molecule has 0 bridgehead atoms. The van der Waals surface area contributed by atoms with Crippen LogP contribution in [0.5, 0.6) is 0 Å². The minimum Gasteiger partial charge on any atom is -0.368 e. The van der Waals surface area contributed by atoms with Gasteiger partial charge in [-0.15, -0.1) is 0 Å². The SMILES string of the molecule is CC(C)N(C)C1CCCC(N)(C(N)=O)C1. The van der Waals surface area contributed by atoms with Crippen LogP contribution < -0.4 is 11.5 Å². The Morgan fingerprint density at radius 3 is 2.60 bits per heavy atom. The first kappa shape index (κ1) is 12.5. The van der Waals surface area contributed by atoms with E-state index in [0.717, 1.165) is 19.3 Å². The van der Waals surface area contributed by atoms with Gasteiger partial charge in [0.15, 0.2) is 0 Å².